The van der Waals surface area contributed by atoms with Gasteiger partial charge >= 0.3 is 0 Å². The van der Waals surface area contributed by atoms with Crippen molar-refractivity contribution in [2.45, 2.75) is 17.1 Å². The summed E-state index contributed by atoms with van der Waals surface area (Å²) in [5, 5.41) is 4.96. The summed E-state index contributed by atoms with van der Waals surface area (Å²) in [5.74, 6) is 1.47. The van der Waals surface area contributed by atoms with Gasteiger partial charge in [-0.25, -0.2) is 0 Å². The monoisotopic (exact) mass is 365 g/mol. The van der Waals surface area contributed by atoms with Gasteiger partial charge in [0.05, 0.1) is 5.25 Å². The van der Waals surface area contributed by atoms with E-state index < -0.39 is 0 Å². The maximum Gasteiger partial charge on any atom is 0.237 e. The van der Waals surface area contributed by atoms with Crippen LogP contribution >= 0.6 is 11.8 Å². The van der Waals surface area contributed by atoms with Gasteiger partial charge in [-0.05, 0) is 36.6 Å². The third kappa shape index (κ3) is 3.48. The van der Waals surface area contributed by atoms with Gasteiger partial charge in [0, 0.05) is 16.0 Å². The Labute approximate surface area is 156 Å². The number of benzene rings is 3. The van der Waals surface area contributed by atoms with Gasteiger partial charge in [0.15, 0.2) is 11.5 Å². The number of hydrogen-bond donors (Lipinski definition) is 1. The highest BCUT2D eigenvalue weighted by Crippen LogP contribution is 2.35. The van der Waals surface area contributed by atoms with Gasteiger partial charge < -0.3 is 14.8 Å². The van der Waals surface area contributed by atoms with Crippen LogP contribution in [0.4, 0.5) is 5.69 Å². The van der Waals surface area contributed by atoms with Crippen LogP contribution in [-0.4, -0.2) is 24.4 Å². The highest BCUT2D eigenvalue weighted by molar-refractivity contribution is 8.00. The lowest BCUT2D eigenvalue weighted by atomic mass is 10.1. The number of thioether (sulfide) groups is 1. The maximum atomic E-state index is 12.7. The predicted molar refractivity (Wildman–Crippen MR) is 105 cm³/mol. The van der Waals surface area contributed by atoms with Crippen molar-refractivity contribution in [2.75, 3.05) is 18.5 Å². The fourth-order valence-electron chi connectivity index (χ4n) is 2.92. The standard InChI is InChI=1S/C21H19NO3S/c1-14(26-16-9-10-19-20(13-16)25-12-11-24-19)21(23)22-18-8-4-6-15-5-2-3-7-17(15)18/h2-10,13-14H,11-12H2,1H3,(H,22,23)/t14-/m0/s1. The van der Waals surface area contributed by atoms with E-state index in [2.05, 4.69) is 5.32 Å². The first-order valence-electron chi connectivity index (χ1n) is 8.55. The quantitative estimate of drug-likeness (QED) is 0.679. The second-order valence-corrected chi connectivity index (χ2v) is 7.50. The summed E-state index contributed by atoms with van der Waals surface area (Å²) >= 11 is 1.50. The highest BCUT2D eigenvalue weighted by atomic mass is 32.2. The lowest BCUT2D eigenvalue weighted by molar-refractivity contribution is -0.115. The van der Waals surface area contributed by atoms with Crippen LogP contribution in [0.3, 0.4) is 0 Å². The van der Waals surface area contributed by atoms with E-state index in [9.17, 15) is 4.79 Å². The Bertz CT molecular complexity index is 952. The fourth-order valence-corrected chi connectivity index (χ4v) is 3.82. The van der Waals surface area contributed by atoms with Gasteiger partial charge in [0.2, 0.25) is 5.91 Å². The zero-order chi connectivity index (χ0) is 17.9. The van der Waals surface area contributed by atoms with Crippen LogP contribution in [-0.2, 0) is 4.79 Å². The van der Waals surface area contributed by atoms with E-state index >= 15 is 0 Å². The zero-order valence-corrected chi connectivity index (χ0v) is 15.2. The molecule has 0 unspecified atom stereocenters. The molecule has 5 heteroatoms. The number of carbonyl (C=O) groups excluding carboxylic acids is 1. The normalized spacial score (nSPS) is 14.0. The molecule has 26 heavy (non-hydrogen) atoms. The van der Waals surface area contributed by atoms with E-state index in [1.54, 1.807) is 0 Å². The second kappa shape index (κ2) is 7.30. The molecule has 0 radical (unpaired) electrons. The molecule has 132 valence electrons. The van der Waals surface area contributed by atoms with Crippen molar-refractivity contribution in [3.63, 3.8) is 0 Å². The SMILES string of the molecule is C[C@H](Sc1ccc2c(c1)OCCO2)C(=O)Nc1cccc2ccccc12. The van der Waals surface area contributed by atoms with Crippen LogP contribution in [0.25, 0.3) is 10.8 Å². The Morgan fingerprint density at radius 2 is 1.77 bits per heavy atom. The number of hydrogen-bond acceptors (Lipinski definition) is 4. The molecule has 0 aromatic heterocycles. The van der Waals surface area contributed by atoms with E-state index in [0.717, 1.165) is 32.9 Å². The average molecular weight is 365 g/mol. The van der Waals surface area contributed by atoms with Crippen LogP contribution in [0.1, 0.15) is 6.92 Å². The van der Waals surface area contributed by atoms with Crippen LogP contribution < -0.4 is 14.8 Å². The third-order valence-corrected chi connectivity index (χ3v) is 5.34. The number of nitrogens with one attached hydrogen (secondary N) is 1. The molecule has 1 aliphatic heterocycles. The topological polar surface area (TPSA) is 47.6 Å². The Morgan fingerprint density at radius 3 is 2.65 bits per heavy atom. The van der Waals surface area contributed by atoms with Crippen molar-refractivity contribution < 1.29 is 14.3 Å². The van der Waals surface area contributed by atoms with Gasteiger partial charge in [0.25, 0.3) is 0 Å². The average Bonchev–Trinajstić information content (AvgIpc) is 2.68. The Morgan fingerprint density at radius 1 is 1.00 bits per heavy atom. The maximum absolute atomic E-state index is 12.7. The van der Waals surface area contributed by atoms with Gasteiger partial charge in [-0.15, -0.1) is 11.8 Å². The first-order valence-corrected chi connectivity index (χ1v) is 9.43. The smallest absolute Gasteiger partial charge is 0.237 e. The molecule has 0 aliphatic carbocycles. The molecule has 1 heterocycles. The summed E-state index contributed by atoms with van der Waals surface area (Å²) in [7, 11) is 0. The van der Waals surface area contributed by atoms with Crippen molar-refractivity contribution >= 4 is 34.1 Å². The van der Waals surface area contributed by atoms with E-state index in [4.69, 9.17) is 9.47 Å². The lowest BCUT2D eigenvalue weighted by Crippen LogP contribution is -2.22. The number of fused-ring (bicyclic) bond motifs is 2. The van der Waals surface area contributed by atoms with Crippen molar-refractivity contribution in [3.05, 3.63) is 60.7 Å². The molecule has 1 N–H and O–H groups in total. The molecular weight excluding hydrogens is 346 g/mol. The number of ether oxygens (including phenoxy) is 2. The van der Waals surface area contributed by atoms with Crippen molar-refractivity contribution in [2.24, 2.45) is 0 Å². The molecule has 1 amide bonds. The van der Waals surface area contributed by atoms with Crippen LogP contribution in [0, 0.1) is 0 Å². The van der Waals surface area contributed by atoms with Gasteiger partial charge in [0.1, 0.15) is 13.2 Å². The first kappa shape index (κ1) is 16.8. The molecule has 0 bridgehead atoms. The number of anilines is 1. The van der Waals surface area contributed by atoms with Crippen LogP contribution in [0.5, 0.6) is 11.5 Å². The molecule has 0 spiro atoms. The van der Waals surface area contributed by atoms with E-state index in [1.165, 1.54) is 11.8 Å². The summed E-state index contributed by atoms with van der Waals surface area (Å²) in [6.07, 6.45) is 0. The van der Waals surface area contributed by atoms with Crippen molar-refractivity contribution in [1.82, 2.24) is 0 Å². The number of amides is 1. The Hall–Kier alpha value is -2.66. The Kier molecular flexibility index (Phi) is 4.71. The van der Waals surface area contributed by atoms with Crippen LogP contribution in [0.15, 0.2) is 65.6 Å². The first-order chi connectivity index (χ1) is 12.7. The molecule has 1 aliphatic rings. The third-order valence-electron chi connectivity index (χ3n) is 4.24. The fraction of sp³-hybridized carbons (Fsp3) is 0.190. The molecular formula is C21H19NO3S. The summed E-state index contributed by atoms with van der Waals surface area (Å²) < 4.78 is 11.1. The van der Waals surface area contributed by atoms with Crippen molar-refractivity contribution in [3.8, 4) is 11.5 Å². The second-order valence-electron chi connectivity index (χ2n) is 6.08. The summed E-state index contributed by atoms with van der Waals surface area (Å²) in [5.41, 5.74) is 0.836. The molecule has 3 aromatic rings. The number of rotatable bonds is 4. The van der Waals surface area contributed by atoms with E-state index in [1.807, 2.05) is 67.6 Å². The predicted octanol–water partition coefficient (Wildman–Crippen LogP) is 4.73. The highest BCUT2D eigenvalue weighted by Gasteiger charge is 2.18. The molecule has 1 atom stereocenters. The zero-order valence-electron chi connectivity index (χ0n) is 14.4. The van der Waals surface area contributed by atoms with Gasteiger partial charge in [-0.3, -0.25) is 4.79 Å². The van der Waals surface area contributed by atoms with E-state index in [-0.39, 0.29) is 11.2 Å². The largest absolute Gasteiger partial charge is 0.486 e. The van der Waals surface area contributed by atoms with Crippen LogP contribution in [0.2, 0.25) is 0 Å². The summed E-state index contributed by atoms with van der Waals surface area (Å²) in [4.78, 5) is 13.6. The minimum Gasteiger partial charge on any atom is -0.486 e. The Balaban J connectivity index is 1.48. The molecule has 0 fully saturated rings. The minimum absolute atomic E-state index is 0.0266. The summed E-state index contributed by atoms with van der Waals surface area (Å²) in [6, 6.07) is 19.7. The minimum atomic E-state index is -0.239. The molecule has 0 saturated heterocycles. The molecule has 4 nitrogen and oxygen atoms in total. The van der Waals surface area contributed by atoms with Gasteiger partial charge in [-0.1, -0.05) is 36.4 Å². The van der Waals surface area contributed by atoms with Crippen molar-refractivity contribution in [1.29, 1.82) is 0 Å². The summed E-state index contributed by atoms with van der Waals surface area (Å²) in [6.45, 7) is 3.03. The molecule has 4 rings (SSSR count). The molecule has 3 aromatic carbocycles. The van der Waals surface area contributed by atoms with E-state index in [0.29, 0.717) is 13.2 Å². The molecule has 0 saturated carbocycles. The lowest BCUT2D eigenvalue weighted by Gasteiger charge is -2.19. The van der Waals surface area contributed by atoms with Gasteiger partial charge in [-0.2, -0.15) is 0 Å². The number of carbonyl (C=O) groups is 1.